The van der Waals surface area contributed by atoms with Gasteiger partial charge in [-0.15, -0.1) is 0 Å². The van der Waals surface area contributed by atoms with E-state index in [0.717, 1.165) is 0 Å². The third kappa shape index (κ3) is 31.3. The molecule has 1 N–H and O–H groups in total. The molecule has 0 aromatic carbocycles. The molecule has 0 rings (SSSR count). The summed E-state index contributed by atoms with van der Waals surface area (Å²) in [6, 6.07) is 0. The summed E-state index contributed by atoms with van der Waals surface area (Å²) in [5, 5.41) is 2.35. The average Bonchev–Trinajstić information content (AvgIpc) is 2.16. The number of carbonyl (C=O) groups excluding carboxylic acids is 2. The van der Waals surface area contributed by atoms with Gasteiger partial charge >= 0.3 is 5.97 Å². The van der Waals surface area contributed by atoms with Crippen LogP contribution < -0.4 is 5.32 Å². The molecule has 0 heterocycles. The fourth-order valence-corrected chi connectivity index (χ4v) is 0.574. The SMILES string of the molecule is CC.CC(=O)NCC(=O)OC(C)(C)C.CCC. The van der Waals surface area contributed by atoms with Crippen LogP contribution in [0.1, 0.15) is 61.8 Å². The quantitative estimate of drug-likeness (QED) is 0.763. The Morgan fingerprint density at radius 3 is 1.71 bits per heavy atom. The molecule has 17 heavy (non-hydrogen) atoms. The van der Waals surface area contributed by atoms with Gasteiger partial charge < -0.3 is 10.1 Å². The molecule has 0 bridgehead atoms. The summed E-state index contributed by atoms with van der Waals surface area (Å²) >= 11 is 0. The predicted molar refractivity (Wildman–Crippen MR) is 71.8 cm³/mol. The lowest BCUT2D eigenvalue weighted by Crippen LogP contribution is -2.33. The van der Waals surface area contributed by atoms with Crippen LogP contribution in [0, 0.1) is 0 Å². The van der Waals surface area contributed by atoms with Crippen molar-refractivity contribution in [2.24, 2.45) is 0 Å². The maximum Gasteiger partial charge on any atom is 0.325 e. The third-order valence-electron chi connectivity index (χ3n) is 0.902. The number of hydrogen-bond acceptors (Lipinski definition) is 3. The number of rotatable bonds is 2. The second-order valence-electron chi connectivity index (χ2n) is 4.20. The molecule has 0 spiro atoms. The Bertz CT molecular complexity index is 195. The van der Waals surface area contributed by atoms with Crippen LogP contribution in [-0.2, 0) is 14.3 Å². The summed E-state index contributed by atoms with van der Waals surface area (Å²) in [5.41, 5.74) is -0.491. The van der Waals surface area contributed by atoms with Crippen molar-refractivity contribution in [1.82, 2.24) is 5.32 Å². The largest absolute Gasteiger partial charge is 0.459 e. The first-order valence-electron chi connectivity index (χ1n) is 6.19. The molecule has 0 radical (unpaired) electrons. The van der Waals surface area contributed by atoms with Gasteiger partial charge in [-0.25, -0.2) is 0 Å². The van der Waals surface area contributed by atoms with E-state index in [1.165, 1.54) is 13.3 Å². The van der Waals surface area contributed by atoms with Gasteiger partial charge in [0.2, 0.25) is 5.91 Å². The van der Waals surface area contributed by atoms with Gasteiger partial charge in [-0.2, -0.15) is 0 Å². The van der Waals surface area contributed by atoms with Gasteiger partial charge in [0, 0.05) is 6.92 Å². The second-order valence-corrected chi connectivity index (χ2v) is 4.20. The van der Waals surface area contributed by atoms with Crippen LogP contribution in [0.25, 0.3) is 0 Å². The normalized spacial score (nSPS) is 8.94. The van der Waals surface area contributed by atoms with Crippen LogP contribution in [-0.4, -0.2) is 24.0 Å². The van der Waals surface area contributed by atoms with Gasteiger partial charge in [-0.3, -0.25) is 9.59 Å². The summed E-state index contributed by atoms with van der Waals surface area (Å²) < 4.78 is 4.93. The zero-order chi connectivity index (χ0) is 14.5. The molecule has 104 valence electrons. The first-order valence-corrected chi connectivity index (χ1v) is 6.19. The van der Waals surface area contributed by atoms with Gasteiger partial charge in [-0.05, 0) is 20.8 Å². The fourth-order valence-electron chi connectivity index (χ4n) is 0.574. The van der Waals surface area contributed by atoms with Crippen molar-refractivity contribution < 1.29 is 14.3 Å². The Labute approximate surface area is 106 Å². The number of hydrogen-bond donors (Lipinski definition) is 1. The van der Waals surface area contributed by atoms with Crippen LogP contribution in [0.4, 0.5) is 0 Å². The predicted octanol–water partition coefficient (Wildman–Crippen LogP) is 2.91. The van der Waals surface area contributed by atoms with Crippen molar-refractivity contribution in [2.45, 2.75) is 67.4 Å². The highest BCUT2D eigenvalue weighted by Crippen LogP contribution is 2.05. The van der Waals surface area contributed by atoms with Gasteiger partial charge in [0.25, 0.3) is 0 Å². The van der Waals surface area contributed by atoms with Crippen molar-refractivity contribution in [3.05, 3.63) is 0 Å². The van der Waals surface area contributed by atoms with Crippen molar-refractivity contribution in [2.75, 3.05) is 6.54 Å². The molecule has 4 nitrogen and oxygen atoms in total. The zero-order valence-corrected chi connectivity index (χ0v) is 12.6. The van der Waals surface area contributed by atoms with Crippen molar-refractivity contribution in [1.29, 1.82) is 0 Å². The van der Waals surface area contributed by atoms with E-state index >= 15 is 0 Å². The molecule has 0 saturated heterocycles. The topological polar surface area (TPSA) is 55.4 Å². The lowest BCUT2D eigenvalue weighted by molar-refractivity contribution is -0.154. The van der Waals surface area contributed by atoms with Crippen LogP contribution in [0.3, 0.4) is 0 Å². The van der Waals surface area contributed by atoms with E-state index in [4.69, 9.17) is 4.74 Å². The van der Waals surface area contributed by atoms with E-state index in [1.807, 2.05) is 13.8 Å². The monoisotopic (exact) mass is 247 g/mol. The molecule has 0 atom stereocenters. The van der Waals surface area contributed by atoms with Crippen molar-refractivity contribution in [3.63, 3.8) is 0 Å². The number of ether oxygens (including phenoxy) is 1. The molecule has 0 aliphatic heterocycles. The zero-order valence-electron chi connectivity index (χ0n) is 12.6. The van der Waals surface area contributed by atoms with E-state index < -0.39 is 11.6 Å². The van der Waals surface area contributed by atoms with E-state index in [1.54, 1.807) is 20.8 Å². The van der Waals surface area contributed by atoms with Crippen LogP contribution in [0.2, 0.25) is 0 Å². The Hall–Kier alpha value is -1.06. The standard InChI is InChI=1S/C8H15NO3.C3H8.C2H6/c1-6(10)9-5-7(11)12-8(2,3)4;1-3-2;1-2/h5H2,1-4H3,(H,9,10);3H2,1-2H3;1-2H3. The average molecular weight is 247 g/mol. The van der Waals surface area contributed by atoms with E-state index in [-0.39, 0.29) is 12.5 Å². The molecular formula is C13H29NO3. The fraction of sp³-hybridized carbons (Fsp3) is 0.846. The van der Waals surface area contributed by atoms with Gasteiger partial charge in [0.15, 0.2) is 0 Å². The van der Waals surface area contributed by atoms with E-state index in [9.17, 15) is 9.59 Å². The second kappa shape index (κ2) is 13.0. The summed E-state index contributed by atoms with van der Waals surface area (Å²) in [4.78, 5) is 21.3. The molecular weight excluding hydrogens is 218 g/mol. The smallest absolute Gasteiger partial charge is 0.325 e. The number of amides is 1. The third-order valence-corrected chi connectivity index (χ3v) is 0.902. The minimum atomic E-state index is -0.491. The summed E-state index contributed by atoms with van der Waals surface area (Å²) in [5.74, 6) is -0.654. The van der Waals surface area contributed by atoms with Crippen LogP contribution >= 0.6 is 0 Å². The van der Waals surface area contributed by atoms with E-state index in [2.05, 4.69) is 19.2 Å². The van der Waals surface area contributed by atoms with Crippen LogP contribution in [0.15, 0.2) is 0 Å². The maximum absolute atomic E-state index is 10.9. The molecule has 0 aromatic rings. The Morgan fingerprint density at radius 1 is 1.12 bits per heavy atom. The number of carbonyl (C=O) groups is 2. The van der Waals surface area contributed by atoms with Gasteiger partial charge in [-0.1, -0.05) is 34.1 Å². The number of esters is 1. The minimum Gasteiger partial charge on any atom is -0.459 e. The molecule has 0 aliphatic carbocycles. The molecule has 1 amide bonds. The Balaban J connectivity index is -0.000000337. The van der Waals surface area contributed by atoms with E-state index in [0.29, 0.717) is 0 Å². The highest BCUT2D eigenvalue weighted by atomic mass is 16.6. The maximum atomic E-state index is 10.9. The Kier molecular flexibility index (Phi) is 16.3. The minimum absolute atomic E-state index is 0.0629. The lowest BCUT2D eigenvalue weighted by Gasteiger charge is -2.19. The number of nitrogens with one attached hydrogen (secondary N) is 1. The molecule has 0 unspecified atom stereocenters. The highest BCUT2D eigenvalue weighted by molar-refractivity contribution is 5.80. The molecule has 0 fully saturated rings. The Morgan fingerprint density at radius 2 is 1.47 bits per heavy atom. The van der Waals surface area contributed by atoms with Crippen LogP contribution in [0.5, 0.6) is 0 Å². The van der Waals surface area contributed by atoms with Gasteiger partial charge in [0.1, 0.15) is 12.1 Å². The molecule has 0 saturated carbocycles. The first kappa shape index (κ1) is 21.2. The van der Waals surface area contributed by atoms with Crippen molar-refractivity contribution >= 4 is 11.9 Å². The molecule has 4 heteroatoms. The molecule has 0 aromatic heterocycles. The lowest BCUT2D eigenvalue weighted by atomic mass is 10.2. The summed E-state index contributed by atoms with van der Waals surface area (Å²) in [6.07, 6.45) is 1.25. The molecule has 0 aliphatic rings. The summed E-state index contributed by atoms with van der Waals surface area (Å²) in [6.45, 7) is 14.9. The highest BCUT2D eigenvalue weighted by Gasteiger charge is 2.15. The van der Waals surface area contributed by atoms with Gasteiger partial charge in [0.05, 0.1) is 0 Å². The van der Waals surface area contributed by atoms with Crippen molar-refractivity contribution in [3.8, 4) is 0 Å². The summed E-state index contributed by atoms with van der Waals surface area (Å²) in [7, 11) is 0. The first-order chi connectivity index (χ1) is 7.72.